The lowest BCUT2D eigenvalue weighted by Crippen LogP contribution is -2.20. The van der Waals surface area contributed by atoms with Crippen molar-refractivity contribution in [2.45, 2.75) is 6.54 Å². The number of rotatable bonds is 8. The van der Waals surface area contributed by atoms with E-state index in [4.69, 9.17) is 21.1 Å². The summed E-state index contributed by atoms with van der Waals surface area (Å²) in [6.07, 6.45) is 0. The Bertz CT molecular complexity index is 336. The number of alkyl halides is 1. The fourth-order valence-corrected chi connectivity index (χ4v) is 1.93. The number of benzene rings is 1. The van der Waals surface area contributed by atoms with Crippen molar-refractivity contribution in [3.05, 3.63) is 28.2 Å². The van der Waals surface area contributed by atoms with Crippen molar-refractivity contribution >= 4 is 27.5 Å². The van der Waals surface area contributed by atoms with Crippen LogP contribution in [0.3, 0.4) is 0 Å². The van der Waals surface area contributed by atoms with Gasteiger partial charge in [-0.05, 0) is 18.2 Å². The van der Waals surface area contributed by atoms with Crippen LogP contribution < -0.4 is 10.1 Å². The number of hydrogen-bond acceptors (Lipinski definition) is 3. The Morgan fingerprint density at radius 1 is 1.35 bits per heavy atom. The van der Waals surface area contributed by atoms with Crippen LogP contribution in [0.25, 0.3) is 0 Å². The van der Waals surface area contributed by atoms with Crippen LogP contribution in [0, 0.1) is 0 Å². The lowest BCUT2D eigenvalue weighted by atomic mass is 10.2. The van der Waals surface area contributed by atoms with Gasteiger partial charge < -0.3 is 14.8 Å². The molecule has 0 heterocycles. The van der Waals surface area contributed by atoms with Crippen LogP contribution >= 0.6 is 27.5 Å². The summed E-state index contributed by atoms with van der Waals surface area (Å²) < 4.78 is 11.6. The predicted molar refractivity (Wildman–Crippen MR) is 73.9 cm³/mol. The molecule has 96 valence electrons. The summed E-state index contributed by atoms with van der Waals surface area (Å²) in [4.78, 5) is 0. The fourth-order valence-electron chi connectivity index (χ4n) is 1.41. The summed E-state index contributed by atoms with van der Waals surface area (Å²) in [6, 6.07) is 5.96. The van der Waals surface area contributed by atoms with E-state index in [1.165, 1.54) is 0 Å². The molecule has 1 aromatic carbocycles. The summed E-state index contributed by atoms with van der Waals surface area (Å²) in [5.74, 6) is 1.43. The molecule has 0 atom stereocenters. The van der Waals surface area contributed by atoms with Gasteiger partial charge in [0.1, 0.15) is 5.75 Å². The molecule has 0 saturated carbocycles. The van der Waals surface area contributed by atoms with Crippen molar-refractivity contribution in [1.29, 1.82) is 0 Å². The molecule has 0 aliphatic heterocycles. The smallest absolute Gasteiger partial charge is 0.123 e. The van der Waals surface area contributed by atoms with Gasteiger partial charge in [0.15, 0.2) is 0 Å². The minimum atomic E-state index is 0.541. The molecule has 0 saturated heterocycles. The second-order valence-corrected chi connectivity index (χ2v) is 4.73. The molecule has 0 aromatic heterocycles. The molecule has 0 bridgehead atoms. The molecule has 5 heteroatoms. The van der Waals surface area contributed by atoms with Gasteiger partial charge in [-0.2, -0.15) is 0 Å². The van der Waals surface area contributed by atoms with E-state index in [0.717, 1.165) is 28.9 Å². The van der Waals surface area contributed by atoms with Gasteiger partial charge in [-0.1, -0.05) is 15.9 Å². The van der Waals surface area contributed by atoms with Crippen molar-refractivity contribution in [3.8, 4) is 5.75 Å². The van der Waals surface area contributed by atoms with E-state index in [-0.39, 0.29) is 0 Å². The topological polar surface area (TPSA) is 30.5 Å². The van der Waals surface area contributed by atoms with E-state index in [1.54, 1.807) is 7.11 Å². The molecule has 17 heavy (non-hydrogen) atoms. The van der Waals surface area contributed by atoms with Gasteiger partial charge in [-0.3, -0.25) is 0 Å². The Morgan fingerprint density at radius 3 is 2.88 bits per heavy atom. The average Bonchev–Trinajstić information content (AvgIpc) is 2.34. The maximum Gasteiger partial charge on any atom is 0.123 e. The highest BCUT2D eigenvalue weighted by molar-refractivity contribution is 9.10. The molecular formula is C12H17BrClNO2. The summed E-state index contributed by atoms with van der Waals surface area (Å²) in [5.41, 5.74) is 1.12. The van der Waals surface area contributed by atoms with Crippen LogP contribution in [-0.2, 0) is 11.3 Å². The standard InChI is InChI=1S/C12H17BrClNO2/c1-16-12-3-2-11(13)8-10(12)9-15-5-7-17-6-4-14/h2-3,8,15H,4-7,9H2,1H3. The van der Waals surface area contributed by atoms with E-state index < -0.39 is 0 Å². The fraction of sp³-hybridized carbons (Fsp3) is 0.500. The minimum absolute atomic E-state index is 0.541. The van der Waals surface area contributed by atoms with Crippen LogP contribution in [-0.4, -0.2) is 32.7 Å². The van der Waals surface area contributed by atoms with Crippen molar-refractivity contribution in [1.82, 2.24) is 5.32 Å². The Morgan fingerprint density at radius 2 is 2.18 bits per heavy atom. The second kappa shape index (κ2) is 8.75. The Labute approximate surface area is 116 Å². The first-order valence-corrected chi connectivity index (χ1v) is 6.77. The molecular weight excluding hydrogens is 305 g/mol. The van der Waals surface area contributed by atoms with Gasteiger partial charge >= 0.3 is 0 Å². The third-order valence-electron chi connectivity index (χ3n) is 2.20. The van der Waals surface area contributed by atoms with Crippen LogP contribution in [0.4, 0.5) is 0 Å². The van der Waals surface area contributed by atoms with Crippen LogP contribution in [0.15, 0.2) is 22.7 Å². The lowest BCUT2D eigenvalue weighted by molar-refractivity contribution is 0.150. The largest absolute Gasteiger partial charge is 0.496 e. The molecule has 0 aliphatic rings. The SMILES string of the molecule is COc1ccc(Br)cc1CNCCOCCCl. The molecule has 0 unspecified atom stereocenters. The molecule has 1 rings (SSSR count). The molecule has 0 amide bonds. The van der Waals surface area contributed by atoms with Crippen LogP contribution in [0.5, 0.6) is 5.75 Å². The van der Waals surface area contributed by atoms with Gasteiger partial charge in [-0.15, -0.1) is 11.6 Å². The molecule has 0 radical (unpaired) electrons. The van der Waals surface area contributed by atoms with Gasteiger partial charge in [0.05, 0.1) is 20.3 Å². The minimum Gasteiger partial charge on any atom is -0.496 e. The van der Waals surface area contributed by atoms with E-state index in [9.17, 15) is 0 Å². The third-order valence-corrected chi connectivity index (χ3v) is 2.85. The molecule has 3 nitrogen and oxygen atoms in total. The quantitative estimate of drug-likeness (QED) is 0.590. The third kappa shape index (κ3) is 5.73. The first kappa shape index (κ1) is 14.8. The zero-order valence-corrected chi connectivity index (χ0v) is 12.2. The van der Waals surface area contributed by atoms with Gasteiger partial charge in [-0.25, -0.2) is 0 Å². The highest BCUT2D eigenvalue weighted by Gasteiger charge is 2.02. The Hall–Kier alpha value is -0.290. The zero-order valence-electron chi connectivity index (χ0n) is 9.84. The maximum atomic E-state index is 5.50. The van der Waals surface area contributed by atoms with E-state index in [1.807, 2.05) is 18.2 Å². The van der Waals surface area contributed by atoms with Gasteiger partial charge in [0.2, 0.25) is 0 Å². The van der Waals surface area contributed by atoms with Gasteiger partial charge in [0.25, 0.3) is 0 Å². The second-order valence-electron chi connectivity index (χ2n) is 3.43. The van der Waals surface area contributed by atoms with E-state index >= 15 is 0 Å². The maximum absolute atomic E-state index is 5.50. The molecule has 0 spiro atoms. The van der Waals surface area contributed by atoms with E-state index in [2.05, 4.69) is 21.2 Å². The zero-order chi connectivity index (χ0) is 12.5. The molecule has 1 aromatic rings. The highest BCUT2D eigenvalue weighted by Crippen LogP contribution is 2.22. The average molecular weight is 323 g/mol. The summed E-state index contributed by atoms with van der Waals surface area (Å²) in [6.45, 7) is 2.83. The number of methoxy groups -OCH3 is 1. The van der Waals surface area contributed by atoms with Crippen LogP contribution in [0.2, 0.25) is 0 Å². The number of ether oxygens (including phenoxy) is 2. The normalized spacial score (nSPS) is 10.5. The summed E-state index contributed by atoms with van der Waals surface area (Å²) in [5, 5.41) is 3.29. The lowest BCUT2D eigenvalue weighted by Gasteiger charge is -2.10. The molecule has 1 N–H and O–H groups in total. The van der Waals surface area contributed by atoms with E-state index in [0.29, 0.717) is 19.1 Å². The Balaban J connectivity index is 2.32. The number of halogens is 2. The number of nitrogens with one attached hydrogen (secondary N) is 1. The van der Waals surface area contributed by atoms with Crippen molar-refractivity contribution < 1.29 is 9.47 Å². The number of hydrogen-bond donors (Lipinski definition) is 1. The monoisotopic (exact) mass is 321 g/mol. The molecule has 0 fully saturated rings. The summed E-state index contributed by atoms with van der Waals surface area (Å²) in [7, 11) is 1.68. The summed E-state index contributed by atoms with van der Waals surface area (Å²) >= 11 is 8.95. The van der Waals surface area contributed by atoms with Crippen molar-refractivity contribution in [2.75, 3.05) is 32.7 Å². The first-order chi connectivity index (χ1) is 8.27. The van der Waals surface area contributed by atoms with Crippen LogP contribution in [0.1, 0.15) is 5.56 Å². The van der Waals surface area contributed by atoms with Crippen molar-refractivity contribution in [2.24, 2.45) is 0 Å². The van der Waals surface area contributed by atoms with Gasteiger partial charge in [0, 0.05) is 29.0 Å². The van der Waals surface area contributed by atoms with Crippen molar-refractivity contribution in [3.63, 3.8) is 0 Å². The highest BCUT2D eigenvalue weighted by atomic mass is 79.9. The Kier molecular flexibility index (Phi) is 7.60. The first-order valence-electron chi connectivity index (χ1n) is 5.44. The molecule has 0 aliphatic carbocycles. The predicted octanol–water partition coefficient (Wildman–Crippen LogP) is 2.80.